The molecule has 1 amide bonds. The highest BCUT2D eigenvalue weighted by atomic mass is 19.1. The number of aromatic nitrogens is 2. The predicted molar refractivity (Wildman–Crippen MR) is 71.7 cm³/mol. The first-order valence-electron chi connectivity index (χ1n) is 6.46. The average molecular weight is 305 g/mol. The first-order chi connectivity index (χ1) is 10.6. The molecule has 0 radical (unpaired) electrons. The summed E-state index contributed by atoms with van der Waals surface area (Å²) in [6, 6.07) is 4.36. The van der Waals surface area contributed by atoms with E-state index in [1.54, 1.807) is 6.07 Å². The number of ether oxygens (including phenoxy) is 3. The number of rotatable bonds is 4. The zero-order valence-electron chi connectivity index (χ0n) is 11.4. The molecular weight excluding hydrogens is 293 g/mol. The smallest absolute Gasteiger partial charge is 0.268 e. The average Bonchev–Trinajstić information content (AvgIpc) is 3.04. The van der Waals surface area contributed by atoms with E-state index in [1.807, 2.05) is 0 Å². The van der Waals surface area contributed by atoms with E-state index in [-0.39, 0.29) is 17.3 Å². The van der Waals surface area contributed by atoms with E-state index in [1.165, 1.54) is 18.3 Å². The highest BCUT2D eigenvalue weighted by Gasteiger charge is 2.20. The number of hydrogen-bond acceptors (Lipinski definition) is 6. The minimum absolute atomic E-state index is 0.00120. The third kappa shape index (κ3) is 3.02. The summed E-state index contributed by atoms with van der Waals surface area (Å²) in [5.41, 5.74) is 5.62. The van der Waals surface area contributed by atoms with E-state index in [4.69, 9.17) is 19.9 Å². The van der Waals surface area contributed by atoms with Crippen molar-refractivity contribution in [2.24, 2.45) is 5.73 Å². The number of carbonyl (C=O) groups excluding carboxylic acids is 1. The molecule has 1 fully saturated rings. The lowest BCUT2D eigenvalue weighted by Crippen LogP contribution is -2.13. The normalized spacial score (nSPS) is 15.0. The van der Waals surface area contributed by atoms with Gasteiger partial charge >= 0.3 is 0 Å². The Morgan fingerprint density at radius 2 is 2.05 bits per heavy atom. The number of benzene rings is 1. The molecule has 1 aliphatic heterocycles. The van der Waals surface area contributed by atoms with Gasteiger partial charge in [0, 0.05) is 5.56 Å². The maximum atomic E-state index is 14.0. The second kappa shape index (κ2) is 6.04. The summed E-state index contributed by atoms with van der Waals surface area (Å²) < 4.78 is 29.9. The van der Waals surface area contributed by atoms with Crippen LogP contribution in [0.5, 0.6) is 11.6 Å². The molecule has 2 N–H and O–H groups in total. The van der Waals surface area contributed by atoms with E-state index in [0.717, 1.165) is 6.20 Å². The number of carbonyl (C=O) groups is 1. The van der Waals surface area contributed by atoms with Crippen LogP contribution in [0, 0.1) is 5.82 Å². The van der Waals surface area contributed by atoms with Gasteiger partial charge in [0.1, 0.15) is 5.69 Å². The van der Waals surface area contributed by atoms with Gasteiger partial charge in [-0.05, 0) is 12.1 Å². The number of primary amides is 1. The topological polar surface area (TPSA) is 96.6 Å². The number of amides is 1. The fraction of sp³-hybridized carbons (Fsp3) is 0.214. The predicted octanol–water partition coefficient (Wildman–Crippen LogP) is 1.55. The Bertz CT molecular complexity index is 687. The maximum absolute atomic E-state index is 14.0. The van der Waals surface area contributed by atoms with Crippen LogP contribution >= 0.6 is 0 Å². The van der Waals surface area contributed by atoms with Gasteiger partial charge in [-0.15, -0.1) is 0 Å². The van der Waals surface area contributed by atoms with Gasteiger partial charge in [0.15, 0.2) is 17.9 Å². The standard InChI is InChI=1S/C14H12FN3O4/c15-9-5-8(14-20-3-4-21-14)1-2-11(9)22-12-7-17-10(6-18-12)13(16)19/h1-2,5-7,14H,3-4H2,(H2,16,19). The minimum atomic E-state index is -0.703. The van der Waals surface area contributed by atoms with Crippen molar-refractivity contribution >= 4 is 5.91 Å². The molecule has 0 spiro atoms. The molecule has 0 unspecified atom stereocenters. The van der Waals surface area contributed by atoms with Crippen LogP contribution in [-0.2, 0) is 9.47 Å². The van der Waals surface area contributed by atoms with Gasteiger partial charge in [0.05, 0.1) is 25.6 Å². The summed E-state index contributed by atoms with van der Waals surface area (Å²) in [7, 11) is 0. The summed E-state index contributed by atoms with van der Waals surface area (Å²) in [6.07, 6.45) is 1.79. The van der Waals surface area contributed by atoms with Crippen LogP contribution in [0.2, 0.25) is 0 Å². The van der Waals surface area contributed by atoms with Crippen LogP contribution in [0.15, 0.2) is 30.6 Å². The largest absolute Gasteiger partial charge is 0.434 e. The fourth-order valence-electron chi connectivity index (χ4n) is 1.91. The monoisotopic (exact) mass is 305 g/mol. The highest BCUT2D eigenvalue weighted by Crippen LogP contribution is 2.29. The van der Waals surface area contributed by atoms with Crippen molar-refractivity contribution in [3.05, 3.63) is 47.7 Å². The Labute approximate surface area is 124 Å². The van der Waals surface area contributed by atoms with Crippen molar-refractivity contribution in [3.63, 3.8) is 0 Å². The molecule has 0 saturated carbocycles. The van der Waals surface area contributed by atoms with Gasteiger partial charge in [-0.25, -0.2) is 14.4 Å². The van der Waals surface area contributed by atoms with Crippen LogP contribution in [0.25, 0.3) is 0 Å². The van der Waals surface area contributed by atoms with E-state index in [2.05, 4.69) is 9.97 Å². The van der Waals surface area contributed by atoms with Crippen molar-refractivity contribution in [1.82, 2.24) is 9.97 Å². The Hall–Kier alpha value is -2.58. The van der Waals surface area contributed by atoms with E-state index < -0.39 is 18.0 Å². The van der Waals surface area contributed by atoms with E-state index >= 15 is 0 Å². The van der Waals surface area contributed by atoms with Gasteiger partial charge in [0.25, 0.3) is 5.91 Å². The van der Waals surface area contributed by atoms with Crippen LogP contribution in [0.4, 0.5) is 4.39 Å². The summed E-state index contributed by atoms with van der Waals surface area (Å²) in [5, 5.41) is 0. The molecule has 0 bridgehead atoms. The van der Waals surface area contributed by atoms with Crippen molar-refractivity contribution in [1.29, 1.82) is 0 Å². The van der Waals surface area contributed by atoms with E-state index in [0.29, 0.717) is 18.8 Å². The molecule has 0 atom stereocenters. The Morgan fingerprint density at radius 3 is 2.64 bits per heavy atom. The van der Waals surface area contributed by atoms with Crippen LogP contribution in [-0.4, -0.2) is 29.1 Å². The first kappa shape index (κ1) is 14.4. The molecule has 1 aromatic heterocycles. The highest BCUT2D eigenvalue weighted by molar-refractivity contribution is 5.90. The van der Waals surface area contributed by atoms with Crippen molar-refractivity contribution in [3.8, 4) is 11.6 Å². The Balaban J connectivity index is 1.75. The van der Waals surface area contributed by atoms with Crippen molar-refractivity contribution in [2.45, 2.75) is 6.29 Å². The summed E-state index contributed by atoms with van der Waals surface area (Å²) in [6.45, 7) is 0.957. The zero-order valence-corrected chi connectivity index (χ0v) is 11.4. The minimum Gasteiger partial charge on any atom is -0.434 e. The molecule has 8 heteroatoms. The van der Waals surface area contributed by atoms with Crippen molar-refractivity contribution < 1.29 is 23.4 Å². The second-order valence-corrected chi connectivity index (χ2v) is 4.47. The van der Waals surface area contributed by atoms with Crippen LogP contribution < -0.4 is 10.5 Å². The fourth-order valence-corrected chi connectivity index (χ4v) is 1.91. The third-order valence-electron chi connectivity index (χ3n) is 2.95. The Morgan fingerprint density at radius 1 is 1.27 bits per heavy atom. The molecule has 1 aliphatic rings. The maximum Gasteiger partial charge on any atom is 0.268 e. The summed E-state index contributed by atoms with van der Waals surface area (Å²) in [4.78, 5) is 18.5. The van der Waals surface area contributed by atoms with Crippen LogP contribution in [0.3, 0.4) is 0 Å². The summed E-state index contributed by atoms with van der Waals surface area (Å²) in [5.74, 6) is -1.27. The molecule has 7 nitrogen and oxygen atoms in total. The van der Waals surface area contributed by atoms with Gasteiger partial charge in [0.2, 0.25) is 5.88 Å². The molecule has 22 heavy (non-hydrogen) atoms. The van der Waals surface area contributed by atoms with Gasteiger partial charge < -0.3 is 19.9 Å². The zero-order chi connectivity index (χ0) is 15.5. The molecule has 1 saturated heterocycles. The molecule has 1 aromatic carbocycles. The SMILES string of the molecule is NC(=O)c1cnc(Oc2ccc(C3OCCO3)cc2F)cn1. The van der Waals surface area contributed by atoms with Gasteiger partial charge in [-0.2, -0.15) is 0 Å². The van der Waals surface area contributed by atoms with Gasteiger partial charge in [-0.3, -0.25) is 4.79 Å². The number of nitrogens with zero attached hydrogens (tertiary/aromatic N) is 2. The lowest BCUT2D eigenvalue weighted by atomic mass is 10.2. The number of halogens is 1. The molecule has 3 rings (SSSR count). The Kier molecular flexibility index (Phi) is 3.94. The lowest BCUT2D eigenvalue weighted by molar-refractivity contribution is -0.0443. The van der Waals surface area contributed by atoms with Crippen LogP contribution in [0.1, 0.15) is 22.3 Å². The molecular formula is C14H12FN3O4. The van der Waals surface area contributed by atoms with E-state index in [9.17, 15) is 9.18 Å². The molecule has 0 aliphatic carbocycles. The molecule has 114 valence electrons. The third-order valence-corrected chi connectivity index (χ3v) is 2.95. The summed E-state index contributed by atoms with van der Waals surface area (Å²) >= 11 is 0. The van der Waals surface area contributed by atoms with Crippen molar-refractivity contribution in [2.75, 3.05) is 13.2 Å². The first-order valence-corrected chi connectivity index (χ1v) is 6.46. The molecule has 2 heterocycles. The lowest BCUT2D eigenvalue weighted by Gasteiger charge is -2.11. The molecule has 2 aromatic rings. The quantitative estimate of drug-likeness (QED) is 0.920. The number of hydrogen-bond donors (Lipinski definition) is 1. The number of nitrogens with two attached hydrogens (primary N) is 1. The van der Waals surface area contributed by atoms with Gasteiger partial charge in [-0.1, -0.05) is 6.07 Å². The second-order valence-electron chi connectivity index (χ2n) is 4.47.